The molecule has 0 heterocycles. The van der Waals surface area contributed by atoms with Crippen LogP contribution in [0.5, 0.6) is 0 Å². The van der Waals surface area contributed by atoms with E-state index in [0.29, 0.717) is 6.19 Å². The molecule has 2 rings (SSSR count). The van der Waals surface area contributed by atoms with Gasteiger partial charge in [-0.1, -0.05) is 22.0 Å². The van der Waals surface area contributed by atoms with E-state index < -0.39 is 12.0 Å². The normalized spacial score (nSPS) is 19.3. The molecule has 0 aliphatic heterocycles. The number of carbonyl (C=O) groups excluding carboxylic acids is 1. The van der Waals surface area contributed by atoms with Crippen molar-refractivity contribution in [3.8, 4) is 0 Å². The first-order valence-corrected chi connectivity index (χ1v) is 6.97. The van der Waals surface area contributed by atoms with Crippen LogP contribution in [0.2, 0.25) is 0 Å². The zero-order valence-electron chi connectivity index (χ0n) is 10.3. The number of fused-ring (bicyclic) bond motifs is 1. The van der Waals surface area contributed by atoms with Crippen LogP contribution in [0.25, 0.3) is 0 Å². The van der Waals surface area contributed by atoms with E-state index in [1.165, 1.54) is 5.56 Å². The lowest BCUT2D eigenvalue weighted by molar-refractivity contribution is -0.139. The van der Waals surface area contributed by atoms with Gasteiger partial charge in [-0.3, -0.25) is 4.79 Å². The number of halogens is 1. The molecular formula is C13H14BBrNO3. The Morgan fingerprint density at radius 3 is 3.05 bits per heavy atom. The molecule has 1 aliphatic carbocycles. The maximum Gasteiger partial charge on any atom is 0.320 e. The van der Waals surface area contributed by atoms with Gasteiger partial charge in [0.2, 0.25) is 0 Å². The van der Waals surface area contributed by atoms with E-state index in [9.17, 15) is 14.7 Å². The molecule has 6 heteroatoms. The Balaban J connectivity index is 2.31. The first-order valence-electron chi connectivity index (χ1n) is 6.17. The third kappa shape index (κ3) is 3.25. The van der Waals surface area contributed by atoms with Gasteiger partial charge in [0.25, 0.3) is 7.41 Å². The first kappa shape index (κ1) is 14.3. The molecule has 19 heavy (non-hydrogen) atoms. The van der Waals surface area contributed by atoms with Crippen molar-refractivity contribution in [3.63, 3.8) is 0 Å². The fourth-order valence-corrected chi connectivity index (χ4v) is 3.03. The standard InChI is InChI=1S/C13H14BBrNO3/c15-9-5-4-8-2-1-3-10(11(8)6-9)12(13(18)19)16-14-7-17/h4-7,10,12,16H,1-3H2,(H,18,19)/t10-,12-/m0/s1. The van der Waals surface area contributed by atoms with Crippen molar-refractivity contribution in [2.24, 2.45) is 0 Å². The highest BCUT2D eigenvalue weighted by molar-refractivity contribution is 9.10. The summed E-state index contributed by atoms with van der Waals surface area (Å²) in [5.41, 5.74) is 2.25. The lowest BCUT2D eigenvalue weighted by atomic mass is 9.77. The molecule has 1 aromatic rings. The van der Waals surface area contributed by atoms with Gasteiger partial charge in [0.15, 0.2) is 0 Å². The molecule has 0 fully saturated rings. The average Bonchev–Trinajstić information content (AvgIpc) is 2.39. The fraction of sp³-hybridized carbons (Fsp3) is 0.385. The largest absolute Gasteiger partial charge is 0.480 e. The molecule has 99 valence electrons. The topological polar surface area (TPSA) is 66.4 Å². The van der Waals surface area contributed by atoms with Crippen LogP contribution < -0.4 is 5.23 Å². The second-order valence-corrected chi connectivity index (χ2v) is 5.54. The molecule has 1 aromatic carbocycles. The van der Waals surface area contributed by atoms with Crippen molar-refractivity contribution in [1.29, 1.82) is 0 Å². The molecule has 0 unspecified atom stereocenters. The van der Waals surface area contributed by atoms with Gasteiger partial charge >= 0.3 is 5.97 Å². The minimum atomic E-state index is -0.934. The van der Waals surface area contributed by atoms with Crippen LogP contribution in [-0.2, 0) is 16.0 Å². The van der Waals surface area contributed by atoms with Crippen LogP contribution in [0.15, 0.2) is 22.7 Å². The molecule has 0 bridgehead atoms. The second-order valence-electron chi connectivity index (χ2n) is 4.63. The molecule has 1 aliphatic rings. The second kappa shape index (κ2) is 6.35. The van der Waals surface area contributed by atoms with Crippen molar-refractivity contribution in [2.45, 2.75) is 31.2 Å². The number of hydrogen-bond acceptors (Lipinski definition) is 3. The first-order chi connectivity index (χ1) is 9.13. The SMILES string of the molecule is O=C[B]N[C@H](C(=O)O)[C@H]1CCCc2ccc(Br)cc21. The van der Waals surface area contributed by atoms with Crippen molar-refractivity contribution < 1.29 is 14.7 Å². The summed E-state index contributed by atoms with van der Waals surface area (Å²) in [5, 5.41) is 12.0. The Bertz CT molecular complexity index is 495. The van der Waals surface area contributed by atoms with Crippen LogP contribution in [0.1, 0.15) is 29.9 Å². The van der Waals surface area contributed by atoms with Crippen molar-refractivity contribution >= 4 is 35.5 Å². The van der Waals surface area contributed by atoms with E-state index in [2.05, 4.69) is 21.2 Å². The lowest BCUT2D eigenvalue weighted by Gasteiger charge is -2.30. The highest BCUT2D eigenvalue weighted by Gasteiger charge is 2.32. The van der Waals surface area contributed by atoms with Crippen LogP contribution in [0, 0.1) is 0 Å². The molecule has 4 nitrogen and oxygen atoms in total. The zero-order valence-corrected chi connectivity index (χ0v) is 11.9. The lowest BCUT2D eigenvalue weighted by Crippen LogP contribution is -2.45. The number of nitrogens with one attached hydrogen (secondary N) is 1. The van der Waals surface area contributed by atoms with Gasteiger partial charge in [0.05, 0.1) is 6.19 Å². The van der Waals surface area contributed by atoms with Gasteiger partial charge in [-0.15, -0.1) is 0 Å². The summed E-state index contributed by atoms with van der Waals surface area (Å²) in [4.78, 5) is 21.8. The Morgan fingerprint density at radius 2 is 2.37 bits per heavy atom. The van der Waals surface area contributed by atoms with Crippen LogP contribution >= 0.6 is 15.9 Å². The van der Waals surface area contributed by atoms with Crippen LogP contribution in [0.3, 0.4) is 0 Å². The minimum absolute atomic E-state index is 0.116. The Labute approximate surface area is 121 Å². The Morgan fingerprint density at radius 1 is 1.58 bits per heavy atom. The third-order valence-corrected chi connectivity index (χ3v) is 3.97. The number of carboxylic acid groups (broad SMARTS) is 1. The highest BCUT2D eigenvalue weighted by atomic mass is 79.9. The van der Waals surface area contributed by atoms with E-state index in [-0.39, 0.29) is 5.92 Å². The van der Waals surface area contributed by atoms with Crippen molar-refractivity contribution in [3.05, 3.63) is 33.8 Å². The van der Waals surface area contributed by atoms with Gasteiger partial charge in [-0.05, 0) is 42.5 Å². The van der Waals surface area contributed by atoms with Gasteiger partial charge < -0.3 is 15.1 Å². The molecular weight excluding hydrogens is 309 g/mol. The van der Waals surface area contributed by atoms with E-state index in [4.69, 9.17) is 0 Å². The zero-order chi connectivity index (χ0) is 13.8. The predicted octanol–water partition coefficient (Wildman–Crippen LogP) is 1.72. The Kier molecular flexibility index (Phi) is 4.77. The summed E-state index contributed by atoms with van der Waals surface area (Å²) in [6.07, 6.45) is 3.31. The Hall–Kier alpha value is -1.14. The smallest absolute Gasteiger partial charge is 0.320 e. The van der Waals surface area contributed by atoms with Crippen LogP contribution in [-0.4, -0.2) is 30.7 Å². The summed E-state index contributed by atoms with van der Waals surface area (Å²) in [6.45, 7) is 0. The van der Waals surface area contributed by atoms with E-state index in [1.807, 2.05) is 18.2 Å². The molecule has 0 spiro atoms. The molecule has 2 N–H and O–H groups in total. The van der Waals surface area contributed by atoms with Gasteiger partial charge in [-0.2, -0.15) is 0 Å². The summed E-state index contributed by atoms with van der Waals surface area (Å²) < 4.78 is 0.946. The maximum atomic E-state index is 11.4. The molecule has 0 saturated carbocycles. The molecule has 2 atom stereocenters. The van der Waals surface area contributed by atoms with Gasteiger partial charge in [-0.25, -0.2) is 0 Å². The van der Waals surface area contributed by atoms with Crippen molar-refractivity contribution in [2.75, 3.05) is 0 Å². The summed E-state index contributed by atoms with van der Waals surface area (Å²) in [7, 11) is 1.16. The van der Waals surface area contributed by atoms with Gasteiger partial charge in [0.1, 0.15) is 6.04 Å². The fourth-order valence-electron chi connectivity index (χ4n) is 2.66. The predicted molar refractivity (Wildman–Crippen MR) is 76.9 cm³/mol. The third-order valence-electron chi connectivity index (χ3n) is 3.48. The summed E-state index contributed by atoms with van der Waals surface area (Å²) >= 11 is 3.42. The van der Waals surface area contributed by atoms with E-state index >= 15 is 0 Å². The molecule has 0 aromatic heterocycles. The molecule has 0 amide bonds. The number of aliphatic carboxylic acids is 1. The van der Waals surface area contributed by atoms with E-state index in [0.717, 1.165) is 36.7 Å². The summed E-state index contributed by atoms with van der Waals surface area (Å²) in [5.74, 6) is -1.05. The van der Waals surface area contributed by atoms with Crippen molar-refractivity contribution in [1.82, 2.24) is 5.23 Å². The van der Waals surface area contributed by atoms with E-state index in [1.54, 1.807) is 0 Å². The minimum Gasteiger partial charge on any atom is -0.480 e. The number of aryl methyl sites for hydroxylation is 1. The number of benzene rings is 1. The molecule has 1 radical (unpaired) electrons. The average molecular weight is 323 g/mol. The number of hydrogen-bond donors (Lipinski definition) is 2. The number of rotatable bonds is 5. The summed E-state index contributed by atoms with van der Waals surface area (Å²) in [6, 6.07) is 5.23. The number of carbonyl (C=O) groups is 2. The van der Waals surface area contributed by atoms with Gasteiger partial charge in [0, 0.05) is 10.4 Å². The highest BCUT2D eigenvalue weighted by Crippen LogP contribution is 2.35. The van der Waals surface area contributed by atoms with Crippen LogP contribution in [0.4, 0.5) is 0 Å². The monoisotopic (exact) mass is 322 g/mol. The maximum absolute atomic E-state index is 11.4. The molecule has 0 saturated heterocycles. The number of carboxylic acids is 1. The quantitative estimate of drug-likeness (QED) is 0.640.